The SMILES string of the molecule is O=S1(=O)CCC(CNCc2cnc(N3CCOCC3)nc2)C1. The molecule has 0 saturated carbocycles. The van der Waals surface area contributed by atoms with Gasteiger partial charge in [-0.1, -0.05) is 0 Å². The summed E-state index contributed by atoms with van der Waals surface area (Å²) in [6.45, 7) is 4.49. The standard InChI is InChI=1S/C14H22N4O3S/c19-22(20)6-1-12(11-22)7-15-8-13-9-16-14(17-10-13)18-2-4-21-5-3-18/h9-10,12,15H,1-8,11H2. The molecule has 8 heteroatoms. The average molecular weight is 326 g/mol. The van der Waals surface area contributed by atoms with E-state index in [1.165, 1.54) is 0 Å². The van der Waals surface area contributed by atoms with E-state index in [1.807, 2.05) is 12.4 Å². The lowest BCUT2D eigenvalue weighted by Crippen LogP contribution is -2.37. The molecule has 0 aromatic carbocycles. The largest absolute Gasteiger partial charge is 0.378 e. The third-order valence-electron chi connectivity index (χ3n) is 4.07. The highest BCUT2D eigenvalue weighted by Crippen LogP contribution is 2.17. The predicted octanol–water partition coefficient (Wildman–Crippen LogP) is -0.162. The predicted molar refractivity (Wildman–Crippen MR) is 83.5 cm³/mol. The van der Waals surface area contributed by atoms with Gasteiger partial charge in [-0.3, -0.25) is 0 Å². The Morgan fingerprint density at radius 3 is 2.64 bits per heavy atom. The summed E-state index contributed by atoms with van der Waals surface area (Å²) in [5.74, 6) is 1.62. The van der Waals surface area contributed by atoms with Crippen LogP contribution in [-0.4, -0.2) is 62.7 Å². The lowest BCUT2D eigenvalue weighted by molar-refractivity contribution is 0.122. The molecule has 0 spiro atoms. The Balaban J connectivity index is 1.45. The van der Waals surface area contributed by atoms with E-state index in [0.717, 1.165) is 50.8 Å². The molecule has 1 aromatic heterocycles. The minimum atomic E-state index is -2.79. The number of sulfone groups is 1. The highest BCUT2D eigenvalue weighted by atomic mass is 32.2. The van der Waals surface area contributed by atoms with Crippen LogP contribution in [0.4, 0.5) is 5.95 Å². The fraction of sp³-hybridized carbons (Fsp3) is 0.714. The van der Waals surface area contributed by atoms with Gasteiger partial charge in [-0.2, -0.15) is 0 Å². The molecule has 2 aliphatic rings. The van der Waals surface area contributed by atoms with Gasteiger partial charge in [0.05, 0.1) is 24.7 Å². The summed E-state index contributed by atoms with van der Waals surface area (Å²) in [5, 5.41) is 3.30. The second kappa shape index (κ2) is 6.89. The summed E-state index contributed by atoms with van der Waals surface area (Å²) in [6.07, 6.45) is 4.42. The van der Waals surface area contributed by atoms with Gasteiger partial charge in [0.15, 0.2) is 9.84 Å². The van der Waals surface area contributed by atoms with E-state index in [1.54, 1.807) is 0 Å². The number of hydrogen-bond acceptors (Lipinski definition) is 7. The normalized spacial score (nSPS) is 24.5. The van der Waals surface area contributed by atoms with Crippen LogP contribution in [0.15, 0.2) is 12.4 Å². The summed E-state index contributed by atoms with van der Waals surface area (Å²) in [4.78, 5) is 10.9. The van der Waals surface area contributed by atoms with Crippen LogP contribution in [0.1, 0.15) is 12.0 Å². The number of hydrogen-bond donors (Lipinski definition) is 1. The Kier molecular flexibility index (Phi) is 4.90. The maximum atomic E-state index is 11.4. The van der Waals surface area contributed by atoms with E-state index in [2.05, 4.69) is 20.2 Å². The van der Waals surface area contributed by atoms with Crippen molar-refractivity contribution in [1.29, 1.82) is 0 Å². The van der Waals surface area contributed by atoms with Crippen molar-refractivity contribution in [2.24, 2.45) is 5.92 Å². The highest BCUT2D eigenvalue weighted by molar-refractivity contribution is 7.91. The second-order valence-corrected chi connectivity index (χ2v) is 8.12. The molecule has 3 heterocycles. The zero-order valence-corrected chi connectivity index (χ0v) is 13.4. The van der Waals surface area contributed by atoms with E-state index in [-0.39, 0.29) is 5.92 Å². The molecule has 0 aliphatic carbocycles. The summed E-state index contributed by atoms with van der Waals surface area (Å²) in [7, 11) is -2.79. The molecule has 1 N–H and O–H groups in total. The number of nitrogens with one attached hydrogen (secondary N) is 1. The van der Waals surface area contributed by atoms with Gasteiger partial charge in [0.1, 0.15) is 0 Å². The van der Waals surface area contributed by atoms with Gasteiger partial charge in [-0.05, 0) is 18.9 Å². The molecule has 1 aromatic rings. The maximum absolute atomic E-state index is 11.4. The summed E-state index contributed by atoms with van der Waals surface area (Å²) in [5.41, 5.74) is 1.01. The molecule has 2 saturated heterocycles. The molecule has 7 nitrogen and oxygen atoms in total. The number of rotatable bonds is 5. The van der Waals surface area contributed by atoms with Gasteiger partial charge in [-0.25, -0.2) is 18.4 Å². The molecule has 1 atom stereocenters. The molecular formula is C14H22N4O3S. The number of morpholine rings is 1. The van der Waals surface area contributed by atoms with Gasteiger partial charge >= 0.3 is 0 Å². The third-order valence-corrected chi connectivity index (χ3v) is 5.91. The molecule has 2 fully saturated rings. The second-order valence-electron chi connectivity index (χ2n) is 5.89. The molecule has 0 amide bonds. The van der Waals surface area contributed by atoms with Crippen LogP contribution in [0.25, 0.3) is 0 Å². The van der Waals surface area contributed by atoms with E-state index >= 15 is 0 Å². The lowest BCUT2D eigenvalue weighted by atomic mass is 10.1. The Hall–Kier alpha value is -1.25. The maximum Gasteiger partial charge on any atom is 0.225 e. The van der Waals surface area contributed by atoms with Crippen molar-refractivity contribution >= 4 is 15.8 Å². The number of nitrogens with zero attached hydrogens (tertiary/aromatic N) is 3. The van der Waals surface area contributed by atoms with Crippen molar-refractivity contribution in [3.8, 4) is 0 Å². The molecule has 122 valence electrons. The fourth-order valence-corrected chi connectivity index (χ4v) is 4.68. The van der Waals surface area contributed by atoms with Crippen molar-refractivity contribution in [2.75, 3.05) is 49.3 Å². The van der Waals surface area contributed by atoms with Gasteiger partial charge in [0, 0.05) is 37.6 Å². The number of aromatic nitrogens is 2. The van der Waals surface area contributed by atoms with Crippen molar-refractivity contribution in [1.82, 2.24) is 15.3 Å². The molecule has 0 bridgehead atoms. The zero-order chi connectivity index (χ0) is 15.4. The van der Waals surface area contributed by atoms with Crippen LogP contribution in [0, 0.1) is 5.92 Å². The quantitative estimate of drug-likeness (QED) is 0.804. The first-order valence-corrected chi connectivity index (χ1v) is 9.49. The summed E-state index contributed by atoms with van der Waals surface area (Å²) < 4.78 is 28.1. The van der Waals surface area contributed by atoms with Crippen LogP contribution in [-0.2, 0) is 21.1 Å². The third kappa shape index (κ3) is 4.15. The number of anilines is 1. The van der Waals surface area contributed by atoms with Crippen LogP contribution in [0.3, 0.4) is 0 Å². The van der Waals surface area contributed by atoms with Crippen LogP contribution in [0.2, 0.25) is 0 Å². The topological polar surface area (TPSA) is 84.4 Å². The first-order chi connectivity index (χ1) is 10.6. The zero-order valence-electron chi connectivity index (χ0n) is 12.6. The minimum absolute atomic E-state index is 0.235. The van der Waals surface area contributed by atoms with E-state index < -0.39 is 9.84 Å². The average Bonchev–Trinajstić information content (AvgIpc) is 2.88. The van der Waals surface area contributed by atoms with Crippen molar-refractivity contribution in [3.63, 3.8) is 0 Å². The van der Waals surface area contributed by atoms with Gasteiger partial charge in [0.25, 0.3) is 0 Å². The van der Waals surface area contributed by atoms with E-state index in [0.29, 0.717) is 18.1 Å². The molecule has 1 unspecified atom stereocenters. The van der Waals surface area contributed by atoms with E-state index in [9.17, 15) is 8.42 Å². The van der Waals surface area contributed by atoms with Crippen LogP contribution in [0.5, 0.6) is 0 Å². The summed E-state index contributed by atoms with van der Waals surface area (Å²) in [6, 6.07) is 0. The minimum Gasteiger partial charge on any atom is -0.378 e. The fourth-order valence-electron chi connectivity index (χ4n) is 2.82. The van der Waals surface area contributed by atoms with Crippen molar-refractivity contribution in [3.05, 3.63) is 18.0 Å². The molecular weight excluding hydrogens is 304 g/mol. The molecule has 3 rings (SSSR count). The smallest absolute Gasteiger partial charge is 0.225 e. The van der Waals surface area contributed by atoms with Crippen molar-refractivity contribution < 1.29 is 13.2 Å². The lowest BCUT2D eigenvalue weighted by Gasteiger charge is -2.26. The summed E-state index contributed by atoms with van der Waals surface area (Å²) >= 11 is 0. The van der Waals surface area contributed by atoms with Gasteiger partial charge in [-0.15, -0.1) is 0 Å². The van der Waals surface area contributed by atoms with Gasteiger partial charge in [0.2, 0.25) is 5.95 Å². The highest BCUT2D eigenvalue weighted by Gasteiger charge is 2.27. The first-order valence-electron chi connectivity index (χ1n) is 7.67. The van der Waals surface area contributed by atoms with Crippen LogP contribution < -0.4 is 10.2 Å². The molecule has 2 aliphatic heterocycles. The van der Waals surface area contributed by atoms with Crippen molar-refractivity contribution in [2.45, 2.75) is 13.0 Å². The van der Waals surface area contributed by atoms with Crippen LogP contribution >= 0.6 is 0 Å². The molecule has 0 radical (unpaired) electrons. The molecule has 22 heavy (non-hydrogen) atoms. The Morgan fingerprint density at radius 2 is 2.00 bits per heavy atom. The first kappa shape index (κ1) is 15.6. The van der Waals surface area contributed by atoms with Gasteiger partial charge < -0.3 is 15.0 Å². The van der Waals surface area contributed by atoms with E-state index in [4.69, 9.17) is 4.74 Å². The Bertz CT molecular complexity index is 585. The Labute approximate surface area is 131 Å². The number of ether oxygens (including phenoxy) is 1. The monoisotopic (exact) mass is 326 g/mol. The Morgan fingerprint density at radius 1 is 1.27 bits per heavy atom.